The molecule has 0 fully saturated rings. The van der Waals surface area contributed by atoms with E-state index in [1.807, 2.05) is 41.5 Å². The third-order valence-corrected chi connectivity index (χ3v) is 3.56. The highest BCUT2D eigenvalue weighted by molar-refractivity contribution is 7.13. The predicted molar refractivity (Wildman–Crippen MR) is 72.6 cm³/mol. The van der Waals surface area contributed by atoms with Gasteiger partial charge in [-0.15, -0.1) is 5.10 Å². The van der Waals surface area contributed by atoms with Crippen LogP contribution < -0.4 is 0 Å². The summed E-state index contributed by atoms with van der Waals surface area (Å²) >= 11 is 1.24. The van der Waals surface area contributed by atoms with Gasteiger partial charge in [0.15, 0.2) is 0 Å². The Hall–Kier alpha value is -1.10. The minimum Gasteiger partial charge on any atom is -0.222 e. The summed E-state index contributed by atoms with van der Waals surface area (Å²) in [5.74, 6) is -0.397. The molecule has 2 rings (SSSR count). The molecule has 0 radical (unpaired) electrons. The van der Waals surface area contributed by atoms with E-state index in [-0.39, 0.29) is 10.8 Å². The third kappa shape index (κ3) is 2.11. The van der Waals surface area contributed by atoms with Crippen molar-refractivity contribution in [3.8, 4) is 0 Å². The second-order valence-electron chi connectivity index (χ2n) is 6.58. The van der Waals surface area contributed by atoms with Crippen LogP contribution in [0.1, 0.15) is 52.8 Å². The monoisotopic (exact) mass is 267 g/mol. The molecule has 2 heterocycles. The van der Waals surface area contributed by atoms with E-state index < -0.39 is 5.95 Å². The van der Waals surface area contributed by atoms with Crippen LogP contribution in [0.2, 0.25) is 0 Å². The zero-order chi connectivity index (χ0) is 13.7. The fourth-order valence-electron chi connectivity index (χ4n) is 1.98. The van der Waals surface area contributed by atoms with E-state index in [0.29, 0.717) is 11.3 Å². The van der Waals surface area contributed by atoms with Crippen LogP contribution in [-0.2, 0) is 10.8 Å². The molecule has 0 saturated heterocycles. The zero-order valence-corrected chi connectivity index (χ0v) is 12.4. The Morgan fingerprint density at radius 2 is 1.61 bits per heavy atom. The molecule has 0 saturated carbocycles. The molecule has 3 nitrogen and oxygen atoms in total. The lowest BCUT2D eigenvalue weighted by Crippen LogP contribution is -2.20. The standard InChI is InChI=1S/C13H18FN3S/c1-12(2,3)7-9-8(16-17-18-9)10(13(4,5)6)15-11(7)14/h1-6H3. The number of rotatable bonds is 0. The van der Waals surface area contributed by atoms with Crippen LogP contribution in [0.15, 0.2) is 0 Å². The highest BCUT2D eigenvalue weighted by Gasteiger charge is 2.30. The first-order valence-electron chi connectivity index (χ1n) is 5.95. The normalized spacial score (nSPS) is 13.3. The fourth-order valence-corrected chi connectivity index (χ4v) is 2.89. The van der Waals surface area contributed by atoms with E-state index in [1.165, 1.54) is 11.5 Å². The van der Waals surface area contributed by atoms with Gasteiger partial charge in [0, 0.05) is 11.0 Å². The number of pyridine rings is 1. The van der Waals surface area contributed by atoms with Gasteiger partial charge in [0.1, 0.15) is 5.52 Å². The number of aromatic nitrogens is 3. The number of fused-ring (bicyclic) bond motifs is 1. The van der Waals surface area contributed by atoms with Crippen LogP contribution in [-0.4, -0.2) is 14.6 Å². The molecule has 0 aliphatic rings. The van der Waals surface area contributed by atoms with Crippen molar-refractivity contribution in [2.24, 2.45) is 0 Å². The Morgan fingerprint density at radius 3 is 2.11 bits per heavy atom. The molecule has 0 bridgehead atoms. The Labute approximate surface area is 111 Å². The van der Waals surface area contributed by atoms with E-state index in [2.05, 4.69) is 14.6 Å². The summed E-state index contributed by atoms with van der Waals surface area (Å²) in [5, 5.41) is 4.14. The van der Waals surface area contributed by atoms with Crippen molar-refractivity contribution < 1.29 is 4.39 Å². The van der Waals surface area contributed by atoms with Gasteiger partial charge >= 0.3 is 0 Å². The summed E-state index contributed by atoms with van der Waals surface area (Å²) in [7, 11) is 0. The van der Waals surface area contributed by atoms with Crippen molar-refractivity contribution in [2.45, 2.75) is 52.4 Å². The van der Waals surface area contributed by atoms with Crippen LogP contribution in [0.4, 0.5) is 4.39 Å². The Kier molecular flexibility index (Phi) is 2.93. The number of hydrogen-bond donors (Lipinski definition) is 0. The summed E-state index contributed by atoms with van der Waals surface area (Å²) in [4.78, 5) is 4.15. The number of halogens is 1. The van der Waals surface area contributed by atoms with Crippen LogP contribution in [0.25, 0.3) is 10.2 Å². The lowest BCUT2D eigenvalue weighted by molar-refractivity contribution is 0.485. The predicted octanol–water partition coefficient (Wildman–Crippen LogP) is 3.82. The van der Waals surface area contributed by atoms with Gasteiger partial charge in [0.25, 0.3) is 0 Å². The van der Waals surface area contributed by atoms with E-state index in [9.17, 15) is 4.39 Å². The molecule has 5 heteroatoms. The quantitative estimate of drug-likeness (QED) is 0.681. The molecule has 0 aromatic carbocycles. The Bertz CT molecular complexity index is 591. The number of nitrogens with zero attached hydrogens (tertiary/aromatic N) is 3. The first-order chi connectivity index (χ1) is 8.12. The van der Waals surface area contributed by atoms with Crippen LogP contribution in [0, 0.1) is 5.95 Å². The minimum absolute atomic E-state index is 0.245. The van der Waals surface area contributed by atoms with E-state index >= 15 is 0 Å². The molecule has 0 N–H and O–H groups in total. The summed E-state index contributed by atoms with van der Waals surface area (Å²) in [6.45, 7) is 11.9. The molecule has 0 aliphatic heterocycles. The van der Waals surface area contributed by atoms with Gasteiger partial charge in [-0.3, -0.25) is 0 Å². The molecule has 2 aromatic heterocycles. The molecule has 0 spiro atoms. The van der Waals surface area contributed by atoms with Crippen molar-refractivity contribution in [1.82, 2.24) is 14.6 Å². The van der Waals surface area contributed by atoms with Gasteiger partial charge in [-0.05, 0) is 16.9 Å². The van der Waals surface area contributed by atoms with Crippen LogP contribution in [0.5, 0.6) is 0 Å². The third-order valence-electron chi connectivity index (χ3n) is 2.82. The topological polar surface area (TPSA) is 38.7 Å². The molecule has 0 aliphatic carbocycles. The van der Waals surface area contributed by atoms with Crippen molar-refractivity contribution >= 4 is 21.7 Å². The van der Waals surface area contributed by atoms with E-state index in [1.54, 1.807) is 0 Å². The largest absolute Gasteiger partial charge is 0.222 e. The second-order valence-corrected chi connectivity index (χ2v) is 7.33. The van der Waals surface area contributed by atoms with Crippen molar-refractivity contribution in [3.63, 3.8) is 0 Å². The van der Waals surface area contributed by atoms with Crippen LogP contribution >= 0.6 is 11.5 Å². The highest BCUT2D eigenvalue weighted by Crippen LogP contribution is 2.37. The summed E-state index contributed by atoms with van der Waals surface area (Å²) in [6.07, 6.45) is 0. The summed E-state index contributed by atoms with van der Waals surface area (Å²) in [5.41, 5.74) is 1.47. The van der Waals surface area contributed by atoms with Gasteiger partial charge < -0.3 is 0 Å². The Balaban J connectivity index is 2.87. The SMILES string of the molecule is CC(C)(C)c1nc(F)c(C(C)(C)C)c2snnc12. The van der Waals surface area contributed by atoms with Gasteiger partial charge in [-0.2, -0.15) is 4.39 Å². The smallest absolute Gasteiger partial charge is 0.218 e. The van der Waals surface area contributed by atoms with Gasteiger partial charge in [0.05, 0.1) is 10.4 Å². The van der Waals surface area contributed by atoms with Gasteiger partial charge in [-0.1, -0.05) is 46.0 Å². The fraction of sp³-hybridized carbons (Fsp3) is 0.615. The first-order valence-corrected chi connectivity index (χ1v) is 6.72. The average Bonchev–Trinajstić information content (AvgIpc) is 2.60. The van der Waals surface area contributed by atoms with E-state index in [4.69, 9.17) is 0 Å². The molecule has 18 heavy (non-hydrogen) atoms. The maximum Gasteiger partial charge on any atom is 0.218 e. The second kappa shape index (κ2) is 3.95. The highest BCUT2D eigenvalue weighted by atomic mass is 32.1. The zero-order valence-electron chi connectivity index (χ0n) is 11.6. The van der Waals surface area contributed by atoms with Crippen molar-refractivity contribution in [2.75, 3.05) is 0 Å². The summed E-state index contributed by atoms with van der Waals surface area (Å²) < 4.78 is 19.1. The first kappa shape index (κ1) is 13.3. The lowest BCUT2D eigenvalue weighted by atomic mass is 9.85. The number of hydrogen-bond acceptors (Lipinski definition) is 4. The molecule has 0 unspecified atom stereocenters. The van der Waals surface area contributed by atoms with Crippen LogP contribution in [0.3, 0.4) is 0 Å². The molecule has 2 aromatic rings. The molecule has 0 amide bonds. The Morgan fingerprint density at radius 1 is 1.00 bits per heavy atom. The maximum atomic E-state index is 14.3. The molecular formula is C13H18FN3S. The maximum absolute atomic E-state index is 14.3. The van der Waals surface area contributed by atoms with Crippen molar-refractivity contribution in [1.29, 1.82) is 0 Å². The minimum atomic E-state index is -0.397. The molecular weight excluding hydrogens is 249 g/mol. The van der Waals surface area contributed by atoms with Gasteiger partial charge in [0.2, 0.25) is 5.95 Å². The summed E-state index contributed by atoms with van der Waals surface area (Å²) in [6, 6.07) is 0. The van der Waals surface area contributed by atoms with Crippen molar-refractivity contribution in [3.05, 3.63) is 17.2 Å². The van der Waals surface area contributed by atoms with Gasteiger partial charge in [-0.25, -0.2) is 4.98 Å². The average molecular weight is 267 g/mol. The lowest BCUT2D eigenvalue weighted by Gasteiger charge is -2.23. The molecule has 98 valence electrons. The van der Waals surface area contributed by atoms with E-state index in [0.717, 1.165) is 10.2 Å². The molecule has 0 atom stereocenters.